The number of pyridine rings is 1. The molecule has 4 aromatic carbocycles. The third-order valence-corrected chi connectivity index (χ3v) is 10.6. The molecule has 0 saturated heterocycles. The van der Waals surface area contributed by atoms with E-state index in [0.717, 1.165) is 56.7 Å². The molecule has 2 aliphatic carbocycles. The molecular formula is C44H39N5. The minimum atomic E-state index is 0.288. The van der Waals surface area contributed by atoms with E-state index in [1.54, 1.807) is 12.4 Å². The molecule has 0 amide bonds. The monoisotopic (exact) mass is 637 g/mol. The Balaban J connectivity index is 1.26. The summed E-state index contributed by atoms with van der Waals surface area (Å²) in [5.74, 6) is 4.21. The molecule has 0 radical (unpaired) electrons. The van der Waals surface area contributed by atoms with E-state index in [0.29, 0.717) is 23.0 Å². The number of fused-ring (bicyclic) bond motifs is 2. The molecule has 0 N–H and O–H groups in total. The van der Waals surface area contributed by atoms with Gasteiger partial charge >= 0.3 is 0 Å². The Morgan fingerprint density at radius 3 is 1.63 bits per heavy atom. The lowest BCUT2D eigenvalue weighted by Crippen LogP contribution is -2.42. The van der Waals surface area contributed by atoms with Gasteiger partial charge in [0.1, 0.15) is 0 Å². The Morgan fingerprint density at radius 1 is 0.551 bits per heavy atom. The van der Waals surface area contributed by atoms with Crippen LogP contribution in [-0.2, 0) is 5.41 Å². The van der Waals surface area contributed by atoms with Gasteiger partial charge in [-0.2, -0.15) is 5.26 Å². The number of nitriles is 1. The number of rotatable bonds is 6. The Labute approximate surface area is 288 Å². The average molecular weight is 638 g/mol. The normalized spacial score (nSPS) is 21.5. The van der Waals surface area contributed by atoms with E-state index in [2.05, 4.69) is 67.4 Å². The molecule has 2 fully saturated rings. The van der Waals surface area contributed by atoms with E-state index in [-0.39, 0.29) is 5.41 Å². The van der Waals surface area contributed by atoms with Crippen molar-refractivity contribution in [1.82, 2.24) is 19.9 Å². The highest BCUT2D eigenvalue weighted by Gasteiger charge is 2.45. The average Bonchev–Trinajstić information content (AvgIpc) is 3.14. The molecule has 2 aliphatic rings. The van der Waals surface area contributed by atoms with Crippen LogP contribution in [0, 0.1) is 29.1 Å². The van der Waals surface area contributed by atoms with Crippen LogP contribution in [0.1, 0.15) is 57.1 Å². The first kappa shape index (κ1) is 30.8. The van der Waals surface area contributed by atoms with Crippen LogP contribution in [-0.4, -0.2) is 19.9 Å². The Hall–Kier alpha value is -5.47. The summed E-state index contributed by atoms with van der Waals surface area (Å²) >= 11 is 0. The maximum atomic E-state index is 9.45. The second-order valence-corrected chi connectivity index (χ2v) is 14.4. The van der Waals surface area contributed by atoms with Crippen molar-refractivity contribution in [3.8, 4) is 62.5 Å². The first-order chi connectivity index (χ1) is 23.9. The standard InChI is InChI=1S/C44H39N5/c1-29-20-32-21-30(2)26-44(25-29,27-32)40-14-12-34(13-15-40)38-22-37(33-10-8-31(28-45)9-11-33)23-39(24-38)43-48-41(35-6-4-3-5-7-35)47-42(49-43)36-16-18-46-19-17-36/h3-19,22-24,29-30,32H,20-21,25-27H2,1-2H3/t29-,30+,32?,44?. The summed E-state index contributed by atoms with van der Waals surface area (Å²) in [4.78, 5) is 19.2. The highest BCUT2D eigenvalue weighted by atomic mass is 15.0. The lowest BCUT2D eigenvalue weighted by atomic mass is 9.54. The van der Waals surface area contributed by atoms with Crippen LogP contribution in [0.5, 0.6) is 0 Å². The molecule has 5 heteroatoms. The number of hydrogen-bond donors (Lipinski definition) is 0. The number of aromatic nitrogens is 4. The fourth-order valence-electron chi connectivity index (χ4n) is 8.75. The van der Waals surface area contributed by atoms with Gasteiger partial charge in [-0.25, -0.2) is 15.0 Å². The maximum Gasteiger partial charge on any atom is 0.164 e. The molecular weight excluding hydrogens is 599 g/mol. The molecule has 2 heterocycles. The summed E-state index contributed by atoms with van der Waals surface area (Å²) in [5, 5.41) is 9.45. The fourth-order valence-corrected chi connectivity index (χ4v) is 8.75. The Kier molecular flexibility index (Phi) is 8.09. The lowest BCUT2D eigenvalue weighted by molar-refractivity contribution is 0.0780. The van der Waals surface area contributed by atoms with E-state index in [9.17, 15) is 5.26 Å². The van der Waals surface area contributed by atoms with Gasteiger partial charge < -0.3 is 0 Å². The molecule has 8 rings (SSSR count). The smallest absolute Gasteiger partial charge is 0.164 e. The highest BCUT2D eigenvalue weighted by molar-refractivity contribution is 5.80. The van der Waals surface area contributed by atoms with Crippen molar-refractivity contribution in [1.29, 1.82) is 5.26 Å². The van der Waals surface area contributed by atoms with E-state index in [1.807, 2.05) is 66.7 Å². The van der Waals surface area contributed by atoms with Crippen molar-refractivity contribution in [3.05, 3.63) is 133 Å². The largest absolute Gasteiger partial charge is 0.265 e. The van der Waals surface area contributed by atoms with Crippen molar-refractivity contribution < 1.29 is 0 Å². The predicted octanol–water partition coefficient (Wildman–Crippen LogP) is 10.6. The predicted molar refractivity (Wildman–Crippen MR) is 196 cm³/mol. The zero-order chi connectivity index (χ0) is 33.4. The summed E-state index contributed by atoms with van der Waals surface area (Å²) in [6.45, 7) is 4.90. The summed E-state index contributed by atoms with van der Waals surface area (Å²) in [5.41, 5.74) is 9.46. The third kappa shape index (κ3) is 6.27. The van der Waals surface area contributed by atoms with Crippen molar-refractivity contribution in [2.75, 3.05) is 0 Å². The van der Waals surface area contributed by atoms with Crippen LogP contribution in [0.3, 0.4) is 0 Å². The molecule has 240 valence electrons. The molecule has 2 bridgehead atoms. The summed E-state index contributed by atoms with van der Waals surface area (Å²) < 4.78 is 0. The van der Waals surface area contributed by atoms with Crippen molar-refractivity contribution in [2.24, 2.45) is 17.8 Å². The van der Waals surface area contributed by atoms with Crippen molar-refractivity contribution >= 4 is 0 Å². The zero-order valence-corrected chi connectivity index (χ0v) is 28.1. The maximum absolute atomic E-state index is 9.45. The molecule has 49 heavy (non-hydrogen) atoms. The molecule has 0 aliphatic heterocycles. The first-order valence-electron chi connectivity index (χ1n) is 17.4. The van der Waals surface area contributed by atoms with Gasteiger partial charge in [0.25, 0.3) is 0 Å². The van der Waals surface area contributed by atoms with Gasteiger partial charge in [-0.15, -0.1) is 0 Å². The van der Waals surface area contributed by atoms with Crippen LogP contribution in [0.15, 0.2) is 122 Å². The van der Waals surface area contributed by atoms with Gasteiger partial charge in [-0.1, -0.05) is 80.6 Å². The number of benzene rings is 4. The quantitative estimate of drug-likeness (QED) is 0.182. The van der Waals surface area contributed by atoms with Crippen LogP contribution in [0.4, 0.5) is 0 Å². The molecule has 0 spiro atoms. The van der Waals surface area contributed by atoms with Gasteiger partial charge in [-0.3, -0.25) is 4.98 Å². The molecule has 5 nitrogen and oxygen atoms in total. The molecule has 2 unspecified atom stereocenters. The van der Waals surface area contributed by atoms with Gasteiger partial charge in [-0.05, 0) is 126 Å². The number of hydrogen-bond acceptors (Lipinski definition) is 5. The van der Waals surface area contributed by atoms with E-state index in [4.69, 9.17) is 15.0 Å². The molecule has 2 saturated carbocycles. The SMILES string of the molecule is C[C@@H]1CC2C[C@H](C)CC(c3ccc(-c4cc(-c5ccc(C#N)cc5)cc(-c5nc(-c6ccccc6)nc(-c6ccncc6)n5)c4)cc3)(C2)C1. The third-order valence-electron chi connectivity index (χ3n) is 10.6. The second-order valence-electron chi connectivity index (χ2n) is 14.4. The van der Waals surface area contributed by atoms with Gasteiger partial charge in [0.2, 0.25) is 0 Å². The summed E-state index contributed by atoms with van der Waals surface area (Å²) in [7, 11) is 0. The van der Waals surface area contributed by atoms with Crippen LogP contribution >= 0.6 is 0 Å². The van der Waals surface area contributed by atoms with Crippen LogP contribution in [0.2, 0.25) is 0 Å². The molecule has 4 atom stereocenters. The first-order valence-corrected chi connectivity index (χ1v) is 17.4. The molecule has 6 aromatic rings. The van der Waals surface area contributed by atoms with E-state index in [1.165, 1.54) is 37.7 Å². The molecule has 2 aromatic heterocycles. The van der Waals surface area contributed by atoms with Gasteiger partial charge in [0, 0.05) is 29.1 Å². The van der Waals surface area contributed by atoms with Crippen LogP contribution in [0.25, 0.3) is 56.4 Å². The minimum absolute atomic E-state index is 0.288. The van der Waals surface area contributed by atoms with E-state index >= 15 is 0 Å². The van der Waals surface area contributed by atoms with E-state index < -0.39 is 0 Å². The zero-order valence-electron chi connectivity index (χ0n) is 28.1. The summed E-state index contributed by atoms with van der Waals surface area (Å²) in [6, 6.07) is 39.9. The van der Waals surface area contributed by atoms with Crippen molar-refractivity contribution in [2.45, 2.75) is 51.4 Å². The fraction of sp³-hybridized carbons (Fsp3) is 0.250. The Bertz CT molecular complexity index is 2060. The Morgan fingerprint density at radius 2 is 1.06 bits per heavy atom. The summed E-state index contributed by atoms with van der Waals surface area (Å²) in [6.07, 6.45) is 10.2. The van der Waals surface area contributed by atoms with Crippen LogP contribution < -0.4 is 0 Å². The van der Waals surface area contributed by atoms with Crippen molar-refractivity contribution in [3.63, 3.8) is 0 Å². The number of nitrogens with zero attached hydrogens (tertiary/aromatic N) is 5. The second kappa shape index (κ2) is 12.9. The topological polar surface area (TPSA) is 75.3 Å². The van der Waals surface area contributed by atoms with Gasteiger partial charge in [0.15, 0.2) is 17.5 Å². The lowest BCUT2D eigenvalue weighted by Gasteiger charge is -2.50. The minimum Gasteiger partial charge on any atom is -0.265 e. The highest BCUT2D eigenvalue weighted by Crippen LogP contribution is 2.54. The van der Waals surface area contributed by atoms with Gasteiger partial charge in [0.05, 0.1) is 11.6 Å².